The van der Waals surface area contributed by atoms with E-state index in [9.17, 15) is 14.4 Å². The van der Waals surface area contributed by atoms with Gasteiger partial charge in [-0.15, -0.1) is 0 Å². The van der Waals surface area contributed by atoms with Crippen molar-refractivity contribution in [3.05, 3.63) is 0 Å². The molecule has 1 amide bonds. The van der Waals surface area contributed by atoms with Crippen molar-refractivity contribution in [1.82, 2.24) is 10.2 Å². The molecule has 1 unspecified atom stereocenters. The van der Waals surface area contributed by atoms with Gasteiger partial charge in [-0.25, -0.2) is 4.79 Å². The van der Waals surface area contributed by atoms with Gasteiger partial charge in [-0.05, 0) is 26.4 Å². The number of esters is 1. The number of rotatable bonds is 6. The summed E-state index contributed by atoms with van der Waals surface area (Å²) in [6.45, 7) is 1.47. The van der Waals surface area contributed by atoms with Crippen molar-refractivity contribution >= 4 is 17.8 Å². The highest BCUT2D eigenvalue weighted by atomic mass is 16.5. The van der Waals surface area contributed by atoms with Crippen molar-refractivity contribution in [3.63, 3.8) is 0 Å². The third kappa shape index (κ3) is 4.86. The number of ether oxygens (including phenoxy) is 1. The van der Waals surface area contributed by atoms with E-state index in [4.69, 9.17) is 5.11 Å². The number of hydrogen-bond acceptors (Lipinski definition) is 5. The number of nitrogens with one attached hydrogen (secondary N) is 1. The van der Waals surface area contributed by atoms with Gasteiger partial charge in [0.05, 0.1) is 13.0 Å². The van der Waals surface area contributed by atoms with Crippen LogP contribution in [-0.4, -0.2) is 61.1 Å². The van der Waals surface area contributed by atoms with Gasteiger partial charge in [0.2, 0.25) is 5.91 Å². The summed E-state index contributed by atoms with van der Waals surface area (Å²) in [6, 6.07) is -1.04. The number of amides is 1. The molecule has 0 spiro atoms. The van der Waals surface area contributed by atoms with Crippen LogP contribution in [0.15, 0.2) is 0 Å². The van der Waals surface area contributed by atoms with Gasteiger partial charge in [0.1, 0.15) is 6.04 Å². The molecule has 1 saturated heterocycles. The van der Waals surface area contributed by atoms with Gasteiger partial charge in [-0.1, -0.05) is 0 Å². The number of carbonyl (C=O) groups excluding carboxylic acids is 2. The number of methoxy groups -OCH3 is 1. The SMILES string of the molecule is COC(=O)CC[C@H](NC(=O)C1CCN(C)C1)C(=O)O. The average Bonchev–Trinajstić information content (AvgIpc) is 2.80. The molecule has 108 valence electrons. The molecule has 0 saturated carbocycles. The Balaban J connectivity index is 2.46. The van der Waals surface area contributed by atoms with Gasteiger partial charge in [-0.2, -0.15) is 0 Å². The smallest absolute Gasteiger partial charge is 0.326 e. The number of carboxylic acid groups (broad SMARTS) is 1. The fourth-order valence-corrected chi connectivity index (χ4v) is 2.06. The molecule has 0 radical (unpaired) electrons. The van der Waals surface area contributed by atoms with Crippen LogP contribution in [0.1, 0.15) is 19.3 Å². The lowest BCUT2D eigenvalue weighted by molar-refractivity contribution is -0.144. The minimum atomic E-state index is -1.14. The van der Waals surface area contributed by atoms with Crippen LogP contribution in [0.3, 0.4) is 0 Å². The second-order valence-electron chi connectivity index (χ2n) is 4.76. The molecule has 1 fully saturated rings. The van der Waals surface area contributed by atoms with E-state index < -0.39 is 18.0 Å². The van der Waals surface area contributed by atoms with E-state index in [1.54, 1.807) is 0 Å². The van der Waals surface area contributed by atoms with E-state index in [-0.39, 0.29) is 24.7 Å². The number of nitrogens with zero attached hydrogens (tertiary/aromatic N) is 1. The Hall–Kier alpha value is -1.63. The Morgan fingerprint density at radius 2 is 2.16 bits per heavy atom. The zero-order valence-corrected chi connectivity index (χ0v) is 11.2. The van der Waals surface area contributed by atoms with Crippen molar-refractivity contribution in [1.29, 1.82) is 0 Å². The monoisotopic (exact) mass is 272 g/mol. The summed E-state index contributed by atoms with van der Waals surface area (Å²) in [5, 5.41) is 11.5. The second-order valence-corrected chi connectivity index (χ2v) is 4.76. The first-order valence-corrected chi connectivity index (χ1v) is 6.22. The zero-order valence-electron chi connectivity index (χ0n) is 11.2. The highest BCUT2D eigenvalue weighted by molar-refractivity contribution is 5.85. The van der Waals surface area contributed by atoms with Crippen molar-refractivity contribution < 1.29 is 24.2 Å². The van der Waals surface area contributed by atoms with E-state index in [2.05, 4.69) is 10.1 Å². The maximum Gasteiger partial charge on any atom is 0.326 e. The summed E-state index contributed by atoms with van der Waals surface area (Å²) in [6.07, 6.45) is 0.736. The zero-order chi connectivity index (χ0) is 14.4. The normalized spacial score (nSPS) is 20.8. The molecule has 0 aromatic carbocycles. The number of aliphatic carboxylic acids is 1. The molecule has 2 atom stereocenters. The van der Waals surface area contributed by atoms with E-state index in [0.717, 1.165) is 13.0 Å². The molecule has 2 N–H and O–H groups in total. The van der Waals surface area contributed by atoms with Crippen LogP contribution in [0, 0.1) is 5.92 Å². The number of carboxylic acids is 1. The molecular weight excluding hydrogens is 252 g/mol. The first kappa shape index (κ1) is 15.4. The Kier molecular flexibility index (Phi) is 5.75. The molecule has 0 aromatic rings. The molecule has 1 rings (SSSR count). The molecule has 19 heavy (non-hydrogen) atoms. The second kappa shape index (κ2) is 7.08. The fraction of sp³-hybridized carbons (Fsp3) is 0.750. The summed E-state index contributed by atoms with van der Waals surface area (Å²) in [4.78, 5) is 36.0. The van der Waals surface area contributed by atoms with Gasteiger partial charge >= 0.3 is 11.9 Å². The number of carbonyl (C=O) groups is 3. The quantitative estimate of drug-likeness (QED) is 0.630. The highest BCUT2D eigenvalue weighted by Gasteiger charge is 2.29. The minimum Gasteiger partial charge on any atom is -0.480 e. The first-order valence-electron chi connectivity index (χ1n) is 6.22. The van der Waals surface area contributed by atoms with Crippen LogP contribution in [0.2, 0.25) is 0 Å². The van der Waals surface area contributed by atoms with Crippen molar-refractivity contribution in [2.45, 2.75) is 25.3 Å². The molecule has 7 nitrogen and oxygen atoms in total. The topological polar surface area (TPSA) is 95.9 Å². The van der Waals surface area contributed by atoms with Crippen molar-refractivity contribution in [2.24, 2.45) is 5.92 Å². The van der Waals surface area contributed by atoms with Crippen LogP contribution in [0.25, 0.3) is 0 Å². The summed E-state index contributed by atoms with van der Waals surface area (Å²) in [5.74, 6) is -2.06. The Morgan fingerprint density at radius 1 is 1.47 bits per heavy atom. The lowest BCUT2D eigenvalue weighted by atomic mass is 10.1. The standard InChI is InChI=1S/C12H20N2O5/c1-14-6-5-8(7-14)11(16)13-9(12(17)18)3-4-10(15)19-2/h8-9H,3-7H2,1-2H3,(H,13,16)(H,17,18)/t8?,9-/m0/s1. The molecule has 0 aliphatic carbocycles. The molecule has 1 aliphatic heterocycles. The van der Waals surface area contributed by atoms with Gasteiger partial charge in [-0.3, -0.25) is 9.59 Å². The first-order chi connectivity index (χ1) is 8.93. The van der Waals surface area contributed by atoms with Crippen LogP contribution >= 0.6 is 0 Å². The summed E-state index contributed by atoms with van der Waals surface area (Å²) < 4.78 is 4.45. The van der Waals surface area contributed by atoms with Gasteiger partial charge < -0.3 is 20.1 Å². The van der Waals surface area contributed by atoms with Gasteiger partial charge in [0.25, 0.3) is 0 Å². The maximum absolute atomic E-state index is 11.9. The van der Waals surface area contributed by atoms with Crippen molar-refractivity contribution in [3.8, 4) is 0 Å². The molecule has 0 aromatic heterocycles. The highest BCUT2D eigenvalue weighted by Crippen LogP contribution is 2.14. The summed E-state index contributed by atoms with van der Waals surface area (Å²) in [5.41, 5.74) is 0. The van der Waals surface area contributed by atoms with Crippen LogP contribution in [-0.2, 0) is 19.1 Å². The van der Waals surface area contributed by atoms with E-state index in [1.165, 1.54) is 7.11 Å². The van der Waals surface area contributed by atoms with Crippen LogP contribution in [0.4, 0.5) is 0 Å². The fourth-order valence-electron chi connectivity index (χ4n) is 2.06. The average molecular weight is 272 g/mol. The Morgan fingerprint density at radius 3 is 2.63 bits per heavy atom. The molecule has 1 heterocycles. The Labute approximate surface area is 111 Å². The third-order valence-electron chi connectivity index (χ3n) is 3.24. The van der Waals surface area contributed by atoms with E-state index >= 15 is 0 Å². The minimum absolute atomic E-state index is 0.0294. The largest absolute Gasteiger partial charge is 0.480 e. The molecule has 0 bridgehead atoms. The van der Waals surface area contributed by atoms with Gasteiger partial charge in [0, 0.05) is 13.0 Å². The third-order valence-corrected chi connectivity index (χ3v) is 3.24. The lowest BCUT2D eigenvalue weighted by Gasteiger charge is -2.17. The number of likely N-dealkylation sites (tertiary alicyclic amines) is 1. The number of hydrogen-bond donors (Lipinski definition) is 2. The maximum atomic E-state index is 11.9. The Bertz CT molecular complexity index is 358. The molecule has 1 aliphatic rings. The summed E-state index contributed by atoms with van der Waals surface area (Å²) in [7, 11) is 3.16. The summed E-state index contributed by atoms with van der Waals surface area (Å²) >= 11 is 0. The van der Waals surface area contributed by atoms with Gasteiger partial charge in [0.15, 0.2) is 0 Å². The van der Waals surface area contributed by atoms with Crippen LogP contribution in [0.5, 0.6) is 0 Å². The molecular formula is C12H20N2O5. The molecule has 7 heteroatoms. The predicted molar refractivity (Wildman–Crippen MR) is 66.4 cm³/mol. The van der Waals surface area contributed by atoms with E-state index in [0.29, 0.717) is 6.54 Å². The lowest BCUT2D eigenvalue weighted by Crippen LogP contribution is -2.44. The van der Waals surface area contributed by atoms with Crippen LogP contribution < -0.4 is 5.32 Å². The predicted octanol–water partition coefficient (Wildman–Crippen LogP) is -0.539. The van der Waals surface area contributed by atoms with E-state index in [1.807, 2.05) is 11.9 Å². The van der Waals surface area contributed by atoms with Crippen molar-refractivity contribution in [2.75, 3.05) is 27.2 Å².